The normalized spacial score (nSPS) is 10.9. The van der Waals surface area contributed by atoms with Gasteiger partial charge in [0.2, 0.25) is 0 Å². The number of nitrogens with zero attached hydrogens (tertiary/aromatic N) is 3. The van der Waals surface area contributed by atoms with Gasteiger partial charge >= 0.3 is 0 Å². The van der Waals surface area contributed by atoms with E-state index in [1.165, 1.54) is 0 Å². The van der Waals surface area contributed by atoms with Crippen LogP contribution in [0, 0.1) is 0 Å². The van der Waals surface area contributed by atoms with Crippen molar-refractivity contribution in [3.63, 3.8) is 0 Å². The molecule has 0 aromatic carbocycles. The van der Waals surface area contributed by atoms with Crippen LogP contribution in [0.5, 0.6) is 0 Å². The first-order chi connectivity index (χ1) is 7.63. The van der Waals surface area contributed by atoms with Crippen LogP contribution in [0.4, 0.5) is 11.6 Å². The zero-order valence-electron chi connectivity index (χ0n) is 10.5. The van der Waals surface area contributed by atoms with Crippen LogP contribution in [-0.2, 0) is 0 Å². The summed E-state index contributed by atoms with van der Waals surface area (Å²) in [6.07, 6.45) is 3.43. The molecular formula is C11H21N5. The van der Waals surface area contributed by atoms with Crippen molar-refractivity contribution in [1.82, 2.24) is 14.9 Å². The fourth-order valence-corrected chi connectivity index (χ4v) is 1.19. The van der Waals surface area contributed by atoms with Gasteiger partial charge in [-0.25, -0.2) is 4.98 Å². The van der Waals surface area contributed by atoms with Gasteiger partial charge in [0.25, 0.3) is 0 Å². The Hall–Kier alpha value is -1.36. The molecule has 16 heavy (non-hydrogen) atoms. The van der Waals surface area contributed by atoms with E-state index in [2.05, 4.69) is 46.4 Å². The highest BCUT2D eigenvalue weighted by Crippen LogP contribution is 2.05. The Morgan fingerprint density at radius 2 is 2.00 bits per heavy atom. The van der Waals surface area contributed by atoms with Crippen LogP contribution in [0.1, 0.15) is 13.8 Å². The molecule has 0 saturated heterocycles. The summed E-state index contributed by atoms with van der Waals surface area (Å²) >= 11 is 0. The Labute approximate surface area is 97.3 Å². The minimum Gasteiger partial charge on any atom is -0.372 e. The number of hydrogen-bond acceptors (Lipinski definition) is 5. The molecule has 0 bridgehead atoms. The number of anilines is 2. The molecule has 0 spiro atoms. The second kappa shape index (κ2) is 6.27. The topological polar surface area (TPSA) is 53.1 Å². The molecule has 0 aliphatic rings. The van der Waals surface area contributed by atoms with Crippen LogP contribution in [0.2, 0.25) is 0 Å². The van der Waals surface area contributed by atoms with Crippen LogP contribution in [-0.4, -0.2) is 48.1 Å². The van der Waals surface area contributed by atoms with E-state index in [0.717, 1.165) is 24.7 Å². The van der Waals surface area contributed by atoms with Gasteiger partial charge in [-0.05, 0) is 20.9 Å². The van der Waals surface area contributed by atoms with Gasteiger partial charge < -0.3 is 15.5 Å². The lowest BCUT2D eigenvalue weighted by atomic mass is 10.3. The maximum Gasteiger partial charge on any atom is 0.147 e. The van der Waals surface area contributed by atoms with E-state index in [-0.39, 0.29) is 0 Å². The van der Waals surface area contributed by atoms with E-state index >= 15 is 0 Å². The highest BCUT2D eigenvalue weighted by Gasteiger charge is 2.02. The Balaban J connectivity index is 2.37. The van der Waals surface area contributed by atoms with E-state index in [1.807, 2.05) is 7.05 Å². The zero-order valence-corrected chi connectivity index (χ0v) is 10.5. The maximum absolute atomic E-state index is 4.33. The number of rotatable bonds is 6. The first kappa shape index (κ1) is 12.7. The molecule has 0 fully saturated rings. The summed E-state index contributed by atoms with van der Waals surface area (Å²) < 4.78 is 0. The monoisotopic (exact) mass is 223 g/mol. The Bertz CT molecular complexity index is 313. The molecule has 0 unspecified atom stereocenters. The largest absolute Gasteiger partial charge is 0.372 e. The molecule has 1 aromatic rings. The van der Waals surface area contributed by atoms with Crippen molar-refractivity contribution in [2.45, 2.75) is 19.9 Å². The maximum atomic E-state index is 4.33. The lowest BCUT2D eigenvalue weighted by molar-refractivity contribution is 0.284. The average molecular weight is 223 g/mol. The second-order valence-corrected chi connectivity index (χ2v) is 4.04. The predicted molar refractivity (Wildman–Crippen MR) is 67.8 cm³/mol. The molecule has 2 N–H and O–H groups in total. The summed E-state index contributed by atoms with van der Waals surface area (Å²) in [6.45, 7) is 6.22. The Morgan fingerprint density at radius 3 is 2.62 bits per heavy atom. The van der Waals surface area contributed by atoms with E-state index < -0.39 is 0 Å². The van der Waals surface area contributed by atoms with E-state index in [1.54, 1.807) is 12.4 Å². The van der Waals surface area contributed by atoms with Gasteiger partial charge in [-0.1, -0.05) is 0 Å². The molecule has 5 nitrogen and oxygen atoms in total. The summed E-state index contributed by atoms with van der Waals surface area (Å²) in [6, 6.07) is 0.566. The molecule has 1 rings (SSSR count). The second-order valence-electron chi connectivity index (χ2n) is 4.04. The number of likely N-dealkylation sites (N-methyl/N-ethyl adjacent to an activating group) is 1. The van der Waals surface area contributed by atoms with Gasteiger partial charge in [-0.2, -0.15) is 0 Å². The molecule has 0 radical (unpaired) electrons. The molecule has 5 heteroatoms. The van der Waals surface area contributed by atoms with Crippen molar-refractivity contribution in [2.24, 2.45) is 0 Å². The third kappa shape index (κ3) is 4.02. The van der Waals surface area contributed by atoms with Crippen LogP contribution in [0.3, 0.4) is 0 Å². The summed E-state index contributed by atoms with van der Waals surface area (Å²) in [5.74, 6) is 1.59. The highest BCUT2D eigenvalue weighted by molar-refractivity contribution is 5.40. The van der Waals surface area contributed by atoms with Crippen molar-refractivity contribution in [3.05, 3.63) is 12.4 Å². The predicted octanol–water partition coefficient (Wildman–Crippen LogP) is 1.27. The SMILES string of the molecule is CNc1cncc(NCCN(C)C(C)C)n1. The van der Waals surface area contributed by atoms with E-state index in [4.69, 9.17) is 0 Å². The minimum absolute atomic E-state index is 0.566. The van der Waals surface area contributed by atoms with Crippen LogP contribution < -0.4 is 10.6 Å². The summed E-state index contributed by atoms with van der Waals surface area (Å²) in [5.41, 5.74) is 0. The quantitative estimate of drug-likeness (QED) is 0.760. The first-order valence-corrected chi connectivity index (χ1v) is 5.57. The van der Waals surface area contributed by atoms with Crippen molar-refractivity contribution in [1.29, 1.82) is 0 Å². The molecule has 1 aromatic heterocycles. The van der Waals surface area contributed by atoms with E-state index in [0.29, 0.717) is 6.04 Å². The minimum atomic E-state index is 0.566. The van der Waals surface area contributed by atoms with Gasteiger partial charge in [0.1, 0.15) is 11.6 Å². The van der Waals surface area contributed by atoms with Crippen LogP contribution in [0.15, 0.2) is 12.4 Å². The van der Waals surface area contributed by atoms with E-state index in [9.17, 15) is 0 Å². The molecule has 0 saturated carbocycles. The molecule has 0 atom stereocenters. The van der Waals surface area contributed by atoms with Gasteiger partial charge in [-0.15, -0.1) is 0 Å². The smallest absolute Gasteiger partial charge is 0.147 e. The highest BCUT2D eigenvalue weighted by atomic mass is 15.1. The number of nitrogens with one attached hydrogen (secondary N) is 2. The molecule has 0 aliphatic carbocycles. The van der Waals surface area contributed by atoms with Crippen molar-refractivity contribution in [2.75, 3.05) is 37.8 Å². The zero-order chi connectivity index (χ0) is 12.0. The Kier molecular flexibility index (Phi) is 4.98. The fourth-order valence-electron chi connectivity index (χ4n) is 1.19. The van der Waals surface area contributed by atoms with Gasteiger partial charge in [0.15, 0.2) is 0 Å². The first-order valence-electron chi connectivity index (χ1n) is 5.57. The summed E-state index contributed by atoms with van der Waals surface area (Å²) in [5, 5.41) is 6.21. The summed E-state index contributed by atoms with van der Waals surface area (Å²) in [4.78, 5) is 10.7. The molecule has 0 aliphatic heterocycles. The summed E-state index contributed by atoms with van der Waals surface area (Å²) in [7, 11) is 3.95. The third-order valence-electron chi connectivity index (χ3n) is 2.54. The van der Waals surface area contributed by atoms with Crippen molar-refractivity contribution in [3.8, 4) is 0 Å². The Morgan fingerprint density at radius 1 is 1.31 bits per heavy atom. The number of aromatic nitrogens is 2. The molecular weight excluding hydrogens is 202 g/mol. The third-order valence-corrected chi connectivity index (χ3v) is 2.54. The molecule has 90 valence electrons. The van der Waals surface area contributed by atoms with Crippen LogP contribution >= 0.6 is 0 Å². The van der Waals surface area contributed by atoms with Crippen LogP contribution in [0.25, 0.3) is 0 Å². The van der Waals surface area contributed by atoms with Crippen molar-refractivity contribution >= 4 is 11.6 Å². The van der Waals surface area contributed by atoms with Crippen molar-refractivity contribution < 1.29 is 0 Å². The fraction of sp³-hybridized carbons (Fsp3) is 0.636. The lowest BCUT2D eigenvalue weighted by Crippen LogP contribution is -2.31. The standard InChI is InChI=1S/C11H21N5/c1-9(2)16(4)6-5-14-11-8-13-7-10(12-3)15-11/h7-9H,5-6H2,1-4H3,(H2,12,14,15). The van der Waals surface area contributed by atoms with Gasteiger partial charge in [-0.3, -0.25) is 4.98 Å². The molecule has 1 heterocycles. The average Bonchev–Trinajstić information content (AvgIpc) is 2.29. The number of hydrogen-bond donors (Lipinski definition) is 2. The molecule has 0 amide bonds. The van der Waals surface area contributed by atoms with Gasteiger partial charge in [0, 0.05) is 26.2 Å². The van der Waals surface area contributed by atoms with Gasteiger partial charge in [0.05, 0.1) is 12.4 Å². The lowest BCUT2D eigenvalue weighted by Gasteiger charge is -2.21.